The van der Waals surface area contributed by atoms with Crippen LogP contribution in [0.2, 0.25) is 0 Å². The summed E-state index contributed by atoms with van der Waals surface area (Å²) in [7, 11) is 0. The molecule has 5 rings (SSSR count). The first-order chi connectivity index (χ1) is 18.1. The van der Waals surface area contributed by atoms with Gasteiger partial charge in [-0.1, -0.05) is 6.07 Å². The van der Waals surface area contributed by atoms with Crippen molar-refractivity contribution in [2.45, 2.75) is 12.8 Å². The highest BCUT2D eigenvalue weighted by molar-refractivity contribution is 5.93. The monoisotopic (exact) mass is 505 g/mol. The molecule has 0 atom stereocenters. The molecule has 192 valence electrons. The predicted molar refractivity (Wildman–Crippen MR) is 138 cm³/mol. The predicted octanol–water partition coefficient (Wildman–Crippen LogP) is 3.52. The molecule has 2 aromatic heterocycles. The minimum atomic E-state index is -0.412. The molecule has 0 unspecified atom stereocenters. The number of aromatic nitrogens is 4. The minimum Gasteiger partial charge on any atom is -0.493 e. The molecule has 10 nitrogen and oxygen atoms in total. The van der Waals surface area contributed by atoms with Gasteiger partial charge in [0.25, 0.3) is 0 Å². The number of fused-ring (bicyclic) bond motifs is 1. The highest BCUT2D eigenvalue weighted by atomic mass is 19.1. The summed E-state index contributed by atoms with van der Waals surface area (Å²) in [6, 6.07) is 13.2. The Morgan fingerprint density at radius 3 is 2.89 bits per heavy atom. The van der Waals surface area contributed by atoms with E-state index in [1.807, 2.05) is 18.2 Å². The van der Waals surface area contributed by atoms with E-state index in [2.05, 4.69) is 35.7 Å². The number of carbonyl (C=O) groups excluding carboxylic acids is 1. The number of morpholine rings is 1. The summed E-state index contributed by atoms with van der Waals surface area (Å²) in [5, 5.41) is 13.7. The van der Waals surface area contributed by atoms with Crippen LogP contribution in [0.15, 0.2) is 54.9 Å². The number of benzene rings is 2. The molecule has 0 saturated carbocycles. The second kappa shape index (κ2) is 11.8. The van der Waals surface area contributed by atoms with Gasteiger partial charge in [0.05, 0.1) is 31.8 Å². The fourth-order valence-electron chi connectivity index (χ4n) is 4.11. The van der Waals surface area contributed by atoms with Crippen LogP contribution in [0, 0.1) is 5.82 Å². The smallest absolute Gasteiger partial charge is 0.230 e. The molecule has 0 bridgehead atoms. The first-order valence-electron chi connectivity index (χ1n) is 12.2. The van der Waals surface area contributed by atoms with Crippen LogP contribution >= 0.6 is 0 Å². The highest BCUT2D eigenvalue weighted by Crippen LogP contribution is 2.26. The first kappa shape index (κ1) is 24.6. The zero-order valence-corrected chi connectivity index (χ0v) is 20.2. The molecule has 1 aliphatic heterocycles. The fourth-order valence-corrected chi connectivity index (χ4v) is 4.11. The zero-order chi connectivity index (χ0) is 25.5. The van der Waals surface area contributed by atoms with Crippen molar-refractivity contribution in [3.63, 3.8) is 0 Å². The fraction of sp³-hybridized carbons (Fsp3) is 0.308. The number of hydrogen-bond donors (Lipinski definition) is 3. The SMILES string of the molecule is O=C(Cc1cc(Nc2ncnc3cc(OCCCN4CCOCC4)ccc23)n[nH]1)Nc1cccc(F)c1. The number of aromatic amines is 1. The number of ether oxygens (including phenoxy) is 2. The van der Waals surface area contributed by atoms with Crippen LogP contribution in [0.25, 0.3) is 10.9 Å². The third-order valence-electron chi connectivity index (χ3n) is 5.94. The lowest BCUT2D eigenvalue weighted by molar-refractivity contribution is -0.115. The molecular weight excluding hydrogens is 477 g/mol. The maximum atomic E-state index is 13.3. The maximum Gasteiger partial charge on any atom is 0.230 e. The number of rotatable bonds is 10. The Kier molecular flexibility index (Phi) is 7.82. The molecule has 1 amide bonds. The van der Waals surface area contributed by atoms with Gasteiger partial charge >= 0.3 is 0 Å². The second-order valence-corrected chi connectivity index (χ2v) is 8.70. The van der Waals surface area contributed by atoms with Crippen molar-refractivity contribution < 1.29 is 18.7 Å². The average Bonchev–Trinajstić information content (AvgIpc) is 3.33. The molecule has 3 heterocycles. The van der Waals surface area contributed by atoms with Crippen LogP contribution in [0.3, 0.4) is 0 Å². The standard InChI is InChI=1S/C26H28FN7O3/c27-18-3-1-4-19(13-18)30-25(35)15-20-14-24(33-32-20)31-26-22-6-5-21(16-23(22)28-17-29-26)37-10-2-7-34-8-11-36-12-9-34/h1,3-6,13-14,16-17H,2,7-12,15H2,(H,30,35)(H2,28,29,31,32,33). The largest absolute Gasteiger partial charge is 0.493 e. The first-order valence-corrected chi connectivity index (χ1v) is 12.2. The number of halogens is 1. The van der Waals surface area contributed by atoms with Crippen molar-refractivity contribution in [2.75, 3.05) is 50.1 Å². The van der Waals surface area contributed by atoms with E-state index in [1.54, 1.807) is 12.1 Å². The minimum absolute atomic E-state index is 0.0575. The third-order valence-corrected chi connectivity index (χ3v) is 5.94. The van der Waals surface area contributed by atoms with Crippen LogP contribution in [-0.4, -0.2) is 70.4 Å². The van der Waals surface area contributed by atoms with Gasteiger partial charge in [-0.05, 0) is 36.8 Å². The van der Waals surface area contributed by atoms with Crippen molar-refractivity contribution in [1.29, 1.82) is 0 Å². The molecule has 0 radical (unpaired) electrons. The van der Waals surface area contributed by atoms with Gasteiger partial charge in [0.15, 0.2) is 5.82 Å². The molecule has 0 spiro atoms. The van der Waals surface area contributed by atoms with E-state index in [4.69, 9.17) is 9.47 Å². The maximum absolute atomic E-state index is 13.3. The number of carbonyl (C=O) groups is 1. The van der Waals surface area contributed by atoms with Gasteiger partial charge in [0.2, 0.25) is 5.91 Å². The summed E-state index contributed by atoms with van der Waals surface area (Å²) in [5.41, 5.74) is 1.74. The number of nitrogens with zero attached hydrogens (tertiary/aromatic N) is 4. The Balaban J connectivity index is 1.16. The lowest BCUT2D eigenvalue weighted by Gasteiger charge is -2.26. The number of anilines is 3. The van der Waals surface area contributed by atoms with Gasteiger partial charge in [0.1, 0.15) is 23.7 Å². The molecule has 1 saturated heterocycles. The van der Waals surface area contributed by atoms with E-state index < -0.39 is 5.82 Å². The van der Waals surface area contributed by atoms with Crippen LogP contribution in [0.1, 0.15) is 12.1 Å². The van der Waals surface area contributed by atoms with Crippen molar-refractivity contribution in [3.8, 4) is 5.75 Å². The molecule has 37 heavy (non-hydrogen) atoms. The van der Waals surface area contributed by atoms with Crippen molar-refractivity contribution in [3.05, 3.63) is 66.4 Å². The number of hydrogen-bond acceptors (Lipinski definition) is 8. The highest BCUT2D eigenvalue weighted by Gasteiger charge is 2.12. The van der Waals surface area contributed by atoms with Gasteiger partial charge in [-0.2, -0.15) is 5.10 Å². The van der Waals surface area contributed by atoms with Gasteiger partial charge in [-0.3, -0.25) is 14.8 Å². The summed E-state index contributed by atoms with van der Waals surface area (Å²) >= 11 is 0. The third kappa shape index (κ3) is 6.78. The van der Waals surface area contributed by atoms with Crippen molar-refractivity contribution in [1.82, 2.24) is 25.1 Å². The molecule has 1 aliphatic rings. The summed E-state index contributed by atoms with van der Waals surface area (Å²) in [5.74, 6) is 1.16. The van der Waals surface area contributed by atoms with E-state index in [1.165, 1.54) is 24.5 Å². The van der Waals surface area contributed by atoms with E-state index in [0.717, 1.165) is 55.9 Å². The quantitative estimate of drug-likeness (QED) is 0.280. The summed E-state index contributed by atoms with van der Waals surface area (Å²) in [6.45, 7) is 5.16. The van der Waals surface area contributed by atoms with Gasteiger partial charge in [-0.25, -0.2) is 14.4 Å². The van der Waals surface area contributed by atoms with Crippen LogP contribution in [0.5, 0.6) is 5.75 Å². The summed E-state index contributed by atoms with van der Waals surface area (Å²) < 4.78 is 24.6. The van der Waals surface area contributed by atoms with Crippen molar-refractivity contribution >= 4 is 34.1 Å². The molecule has 4 aromatic rings. The lowest BCUT2D eigenvalue weighted by Crippen LogP contribution is -2.37. The Morgan fingerprint density at radius 2 is 2.03 bits per heavy atom. The second-order valence-electron chi connectivity index (χ2n) is 8.70. The Hall–Kier alpha value is -4.09. The van der Waals surface area contributed by atoms with Gasteiger partial charge in [0, 0.05) is 48.5 Å². The van der Waals surface area contributed by atoms with E-state index in [-0.39, 0.29) is 12.3 Å². The van der Waals surface area contributed by atoms with Crippen molar-refractivity contribution in [2.24, 2.45) is 0 Å². The molecule has 0 aliphatic carbocycles. The zero-order valence-electron chi connectivity index (χ0n) is 20.2. The van der Waals surface area contributed by atoms with Gasteiger partial charge < -0.3 is 20.1 Å². The number of H-pyrrole nitrogens is 1. The molecule has 11 heteroatoms. The van der Waals surface area contributed by atoms with Crippen LogP contribution in [0.4, 0.5) is 21.7 Å². The Bertz CT molecular complexity index is 1360. The van der Waals surface area contributed by atoms with Crippen LogP contribution in [-0.2, 0) is 16.0 Å². The normalized spacial score (nSPS) is 14.0. The lowest BCUT2D eigenvalue weighted by atomic mass is 10.2. The Morgan fingerprint density at radius 1 is 1.14 bits per heavy atom. The van der Waals surface area contributed by atoms with E-state index in [0.29, 0.717) is 29.6 Å². The number of nitrogens with one attached hydrogen (secondary N) is 3. The molecule has 3 N–H and O–H groups in total. The summed E-state index contributed by atoms with van der Waals surface area (Å²) in [6.07, 6.45) is 2.48. The number of amides is 1. The van der Waals surface area contributed by atoms with Crippen LogP contribution < -0.4 is 15.4 Å². The molecule has 1 fully saturated rings. The summed E-state index contributed by atoms with van der Waals surface area (Å²) in [4.78, 5) is 23.4. The average molecular weight is 506 g/mol. The van der Waals surface area contributed by atoms with Gasteiger partial charge in [-0.15, -0.1) is 0 Å². The van der Waals surface area contributed by atoms with E-state index >= 15 is 0 Å². The van der Waals surface area contributed by atoms with E-state index in [9.17, 15) is 9.18 Å². The molecule has 2 aromatic carbocycles. The topological polar surface area (TPSA) is 117 Å². The molecular formula is C26H28FN7O3. The Labute approximate surface area is 213 Å².